The van der Waals surface area contributed by atoms with Crippen LogP contribution in [0, 0.1) is 0 Å². The molecule has 1 atom stereocenters. The van der Waals surface area contributed by atoms with Crippen LogP contribution in [0.15, 0.2) is 34.8 Å². The van der Waals surface area contributed by atoms with Gasteiger partial charge in [0.2, 0.25) is 0 Å². The maximum absolute atomic E-state index is 2.31. The third-order valence-corrected chi connectivity index (χ3v) is 2.67. The molecule has 0 fully saturated rings. The first-order valence-corrected chi connectivity index (χ1v) is 4.01. The summed E-state index contributed by atoms with van der Waals surface area (Å²) in [6, 6.07) is 0. The van der Waals surface area contributed by atoms with Crippen molar-refractivity contribution in [1.29, 1.82) is 0 Å². The summed E-state index contributed by atoms with van der Waals surface area (Å²) in [6.45, 7) is 2.23. The van der Waals surface area contributed by atoms with E-state index in [0.29, 0.717) is 5.25 Å². The maximum atomic E-state index is 2.31. The number of rotatable bonds is 0. The molecule has 0 spiro atoms. The second-order valence-electron chi connectivity index (χ2n) is 2.34. The van der Waals surface area contributed by atoms with Gasteiger partial charge in [-0.2, -0.15) is 0 Å². The molecule has 0 amide bonds. The molecule has 0 aromatic carbocycles. The molecule has 50 valence electrons. The Balaban J connectivity index is 0.000000500. The number of allylic oxidation sites excluding steroid dienone is 4. The quantitative estimate of drug-likeness (QED) is 0.613. The van der Waals surface area contributed by atoms with Gasteiger partial charge in [-0.25, -0.2) is 0 Å². The molecule has 2 heteroatoms. The Kier molecular flexibility index (Phi) is 2.76. The van der Waals surface area contributed by atoms with Crippen molar-refractivity contribution < 1.29 is 26.2 Å². The summed E-state index contributed by atoms with van der Waals surface area (Å²) in [7, 11) is 0. The van der Waals surface area contributed by atoms with Gasteiger partial charge in [0.1, 0.15) is 0 Å². The standard InChI is InChI=1S/C8H8S.Zr/c1-6-5-7-3-2-4-8(7)9-6;/h2-6H,1H3;. The molecule has 2 rings (SSSR count). The van der Waals surface area contributed by atoms with Crippen LogP contribution < -0.4 is 0 Å². The first kappa shape index (κ1) is 8.55. The van der Waals surface area contributed by atoms with Gasteiger partial charge in [0.25, 0.3) is 0 Å². The van der Waals surface area contributed by atoms with Gasteiger partial charge in [-0.1, -0.05) is 18.2 Å². The van der Waals surface area contributed by atoms with E-state index in [9.17, 15) is 0 Å². The minimum atomic E-state index is 0. The SMILES string of the molecule is CC1C=C2C=CC=C2S1.[Zr]. The van der Waals surface area contributed by atoms with Crippen molar-refractivity contribution in [2.75, 3.05) is 0 Å². The van der Waals surface area contributed by atoms with E-state index in [1.807, 2.05) is 11.8 Å². The molecular weight excluding hydrogens is 219 g/mol. The van der Waals surface area contributed by atoms with E-state index < -0.39 is 0 Å². The van der Waals surface area contributed by atoms with E-state index in [0.717, 1.165) is 0 Å². The molecule has 0 saturated carbocycles. The van der Waals surface area contributed by atoms with Crippen LogP contribution in [0.1, 0.15) is 6.92 Å². The van der Waals surface area contributed by atoms with Gasteiger partial charge in [-0.15, -0.1) is 11.8 Å². The van der Waals surface area contributed by atoms with Gasteiger partial charge in [0, 0.05) is 36.4 Å². The van der Waals surface area contributed by atoms with E-state index in [2.05, 4.69) is 31.2 Å². The number of hydrogen-bond donors (Lipinski definition) is 0. The molecule has 1 heterocycles. The fourth-order valence-electron chi connectivity index (χ4n) is 1.15. The normalized spacial score (nSPS) is 27.1. The fourth-order valence-corrected chi connectivity index (χ4v) is 2.19. The van der Waals surface area contributed by atoms with Gasteiger partial charge in [0.05, 0.1) is 0 Å². The predicted octanol–water partition coefficient (Wildman–Crippen LogP) is 2.50. The molecule has 10 heavy (non-hydrogen) atoms. The van der Waals surface area contributed by atoms with Gasteiger partial charge < -0.3 is 0 Å². The van der Waals surface area contributed by atoms with Crippen LogP contribution in [0.25, 0.3) is 0 Å². The van der Waals surface area contributed by atoms with Crippen molar-refractivity contribution in [3.63, 3.8) is 0 Å². The molecule has 1 aliphatic heterocycles. The van der Waals surface area contributed by atoms with Crippen molar-refractivity contribution in [2.24, 2.45) is 0 Å². The third kappa shape index (κ3) is 1.38. The molecule has 0 radical (unpaired) electrons. The van der Waals surface area contributed by atoms with E-state index in [1.54, 1.807) is 0 Å². The van der Waals surface area contributed by atoms with Gasteiger partial charge >= 0.3 is 0 Å². The van der Waals surface area contributed by atoms with E-state index in [4.69, 9.17) is 0 Å². The second-order valence-corrected chi connectivity index (χ2v) is 3.75. The zero-order valence-electron chi connectivity index (χ0n) is 5.79. The minimum absolute atomic E-state index is 0. The van der Waals surface area contributed by atoms with E-state index in [1.165, 1.54) is 10.5 Å². The third-order valence-electron chi connectivity index (χ3n) is 1.54. The van der Waals surface area contributed by atoms with Crippen LogP contribution in [-0.4, -0.2) is 5.25 Å². The number of thioether (sulfide) groups is 1. The maximum Gasteiger partial charge on any atom is 0.0255 e. The largest absolute Gasteiger partial charge is 0.118 e. The summed E-state index contributed by atoms with van der Waals surface area (Å²) in [5.41, 5.74) is 1.42. The summed E-state index contributed by atoms with van der Waals surface area (Å²) in [6.07, 6.45) is 8.77. The Labute approximate surface area is 84.6 Å². The average molecular weight is 227 g/mol. The summed E-state index contributed by atoms with van der Waals surface area (Å²) in [5, 5.41) is 0.691. The smallest absolute Gasteiger partial charge is 0.0255 e. The zero-order valence-corrected chi connectivity index (χ0v) is 9.07. The molecule has 0 saturated heterocycles. The van der Waals surface area contributed by atoms with Crippen molar-refractivity contribution in [2.45, 2.75) is 12.2 Å². The molecule has 0 nitrogen and oxygen atoms in total. The Morgan fingerprint density at radius 1 is 1.50 bits per heavy atom. The number of hydrogen-bond acceptors (Lipinski definition) is 1. The summed E-state index contributed by atoms with van der Waals surface area (Å²) >= 11 is 1.94. The van der Waals surface area contributed by atoms with Crippen molar-refractivity contribution in [3.05, 3.63) is 34.8 Å². The van der Waals surface area contributed by atoms with Gasteiger partial charge in [-0.05, 0) is 18.6 Å². The van der Waals surface area contributed by atoms with E-state index >= 15 is 0 Å². The molecule has 0 aromatic rings. The van der Waals surface area contributed by atoms with Crippen molar-refractivity contribution >= 4 is 11.8 Å². The minimum Gasteiger partial charge on any atom is -0.118 e. The van der Waals surface area contributed by atoms with Crippen LogP contribution in [0.4, 0.5) is 0 Å². The van der Waals surface area contributed by atoms with Gasteiger partial charge in [0.15, 0.2) is 0 Å². The Morgan fingerprint density at radius 2 is 2.30 bits per heavy atom. The van der Waals surface area contributed by atoms with Crippen molar-refractivity contribution in [1.82, 2.24) is 0 Å². The van der Waals surface area contributed by atoms with Crippen LogP contribution >= 0.6 is 11.8 Å². The molecule has 0 N–H and O–H groups in total. The van der Waals surface area contributed by atoms with Crippen LogP contribution in [0.2, 0.25) is 0 Å². The summed E-state index contributed by atoms with van der Waals surface area (Å²) in [4.78, 5) is 1.45. The number of fused-ring (bicyclic) bond motifs is 1. The topological polar surface area (TPSA) is 0 Å². The Hall–Kier alpha value is 0.453. The Bertz CT molecular complexity index is 225. The van der Waals surface area contributed by atoms with Crippen LogP contribution in [0.3, 0.4) is 0 Å². The molecule has 1 aliphatic carbocycles. The zero-order chi connectivity index (χ0) is 6.27. The van der Waals surface area contributed by atoms with Crippen LogP contribution in [-0.2, 0) is 26.2 Å². The predicted molar refractivity (Wildman–Crippen MR) is 42.4 cm³/mol. The molecular formula is C8H8SZr. The summed E-state index contributed by atoms with van der Waals surface area (Å²) < 4.78 is 0. The van der Waals surface area contributed by atoms with Crippen LogP contribution in [0.5, 0.6) is 0 Å². The average Bonchev–Trinajstić information content (AvgIpc) is 2.22. The molecule has 2 aliphatic rings. The second kappa shape index (κ2) is 3.23. The van der Waals surface area contributed by atoms with Gasteiger partial charge in [-0.3, -0.25) is 0 Å². The van der Waals surface area contributed by atoms with Crippen molar-refractivity contribution in [3.8, 4) is 0 Å². The molecule has 0 aromatic heterocycles. The first-order valence-electron chi connectivity index (χ1n) is 3.13. The first-order chi connectivity index (χ1) is 4.36. The molecule has 0 bridgehead atoms. The van der Waals surface area contributed by atoms with E-state index in [-0.39, 0.29) is 26.2 Å². The molecule has 1 unspecified atom stereocenters. The fraction of sp³-hybridized carbons (Fsp3) is 0.250. The summed E-state index contributed by atoms with van der Waals surface area (Å²) in [5.74, 6) is 0. The monoisotopic (exact) mass is 226 g/mol. The Morgan fingerprint density at radius 3 is 3.00 bits per heavy atom.